The molecular weight excluding hydrogens is 288 g/mol. The number of benzene rings is 2. The van der Waals surface area contributed by atoms with Gasteiger partial charge in [-0.25, -0.2) is 9.59 Å². The number of carbonyl (C=O) groups is 2. The van der Waals surface area contributed by atoms with Gasteiger partial charge in [0, 0.05) is 10.8 Å². The average molecular weight is 304 g/mol. The van der Waals surface area contributed by atoms with Crippen LogP contribution in [0.5, 0.6) is 11.5 Å². The van der Waals surface area contributed by atoms with Crippen LogP contribution in [-0.2, 0) is 15.9 Å². The normalized spacial score (nSPS) is 10.1. The van der Waals surface area contributed by atoms with E-state index in [4.69, 9.17) is 9.47 Å². The summed E-state index contributed by atoms with van der Waals surface area (Å²) in [5, 5.41) is 1.27. The van der Waals surface area contributed by atoms with Gasteiger partial charge in [-0.1, -0.05) is 31.2 Å². The third kappa shape index (κ3) is 3.11. The maximum Gasteiger partial charge on any atom is 0.513 e. The van der Waals surface area contributed by atoms with Gasteiger partial charge in [0.25, 0.3) is 0 Å². The third-order valence-electron chi connectivity index (χ3n) is 3.13. The van der Waals surface area contributed by atoms with Crippen molar-refractivity contribution in [1.82, 2.24) is 0 Å². The molecule has 2 aromatic rings. The van der Waals surface area contributed by atoms with E-state index in [0.29, 0.717) is 34.3 Å². The first kappa shape index (κ1) is 15.6. The molecule has 0 bridgehead atoms. The van der Waals surface area contributed by atoms with E-state index in [0.717, 1.165) is 0 Å². The van der Waals surface area contributed by atoms with Gasteiger partial charge in [-0.3, -0.25) is 0 Å². The summed E-state index contributed by atoms with van der Waals surface area (Å²) in [4.78, 5) is 22.8. The van der Waals surface area contributed by atoms with E-state index in [1.54, 1.807) is 30.3 Å². The Kier molecular flexibility index (Phi) is 4.83. The highest BCUT2D eigenvalue weighted by Crippen LogP contribution is 2.37. The molecule has 0 aliphatic carbocycles. The van der Waals surface area contributed by atoms with Crippen LogP contribution in [0.2, 0.25) is 0 Å². The molecule has 0 atom stereocenters. The molecule has 116 valence electrons. The van der Waals surface area contributed by atoms with E-state index in [1.807, 2.05) is 6.92 Å². The summed E-state index contributed by atoms with van der Waals surface area (Å²) in [5.41, 5.74) is 0.711. The first-order chi connectivity index (χ1) is 10.6. The summed E-state index contributed by atoms with van der Waals surface area (Å²) in [5.74, 6) is 0.735. The molecule has 0 aliphatic heterocycles. The molecule has 0 spiro atoms. The van der Waals surface area contributed by atoms with Gasteiger partial charge in [-0.2, -0.15) is 0 Å². The fraction of sp³-hybridized carbons (Fsp3) is 0.250. The highest BCUT2D eigenvalue weighted by molar-refractivity contribution is 5.96. The highest BCUT2D eigenvalue weighted by atomic mass is 16.7. The number of fused-ring (bicyclic) bond motifs is 1. The zero-order chi connectivity index (χ0) is 16.1. The minimum Gasteiger partial charge on any atom is -0.437 e. The lowest BCUT2D eigenvalue weighted by atomic mass is 10.0. The van der Waals surface area contributed by atoms with Gasteiger partial charge in [0.2, 0.25) is 0 Å². The van der Waals surface area contributed by atoms with Gasteiger partial charge >= 0.3 is 12.3 Å². The van der Waals surface area contributed by atoms with Crippen LogP contribution in [0.1, 0.15) is 12.5 Å². The van der Waals surface area contributed by atoms with E-state index in [9.17, 15) is 9.59 Å². The first-order valence-electron chi connectivity index (χ1n) is 6.66. The molecule has 0 aromatic heterocycles. The summed E-state index contributed by atoms with van der Waals surface area (Å²) in [6.45, 7) is 1.90. The molecule has 0 saturated heterocycles. The minimum atomic E-state index is -0.811. The van der Waals surface area contributed by atoms with Crippen LogP contribution < -0.4 is 9.47 Å². The molecule has 6 heteroatoms. The molecule has 2 aromatic carbocycles. The van der Waals surface area contributed by atoms with Crippen molar-refractivity contribution < 1.29 is 28.5 Å². The van der Waals surface area contributed by atoms with Crippen LogP contribution >= 0.6 is 0 Å². The second-order valence-electron chi connectivity index (χ2n) is 4.37. The number of methoxy groups -OCH3 is 2. The molecule has 0 unspecified atom stereocenters. The molecular formula is C16H16O6. The van der Waals surface area contributed by atoms with Crippen LogP contribution in [0.3, 0.4) is 0 Å². The van der Waals surface area contributed by atoms with Crippen molar-refractivity contribution in [2.24, 2.45) is 0 Å². The standard InChI is InChI=1S/C16H16O6/c1-4-10-9-13(21-15(17)19-2)11-7-5-6-8-12(11)14(10)22-16(18)20-3/h5-9H,4H2,1-3H3. The van der Waals surface area contributed by atoms with Crippen LogP contribution in [0.4, 0.5) is 9.59 Å². The molecule has 0 N–H and O–H groups in total. The fourth-order valence-electron chi connectivity index (χ4n) is 2.09. The average Bonchev–Trinajstić information content (AvgIpc) is 2.56. The van der Waals surface area contributed by atoms with Gasteiger partial charge < -0.3 is 18.9 Å². The maximum atomic E-state index is 11.5. The quantitative estimate of drug-likeness (QED) is 0.636. The van der Waals surface area contributed by atoms with E-state index < -0.39 is 12.3 Å². The molecule has 0 aliphatic rings. The number of hydrogen-bond donors (Lipinski definition) is 0. The second kappa shape index (κ2) is 6.80. The Hall–Kier alpha value is -2.76. The van der Waals surface area contributed by atoms with E-state index in [-0.39, 0.29) is 0 Å². The summed E-state index contributed by atoms with van der Waals surface area (Å²) in [6, 6.07) is 8.78. The number of carbonyl (C=O) groups excluding carboxylic acids is 2. The predicted molar refractivity (Wildman–Crippen MR) is 79.4 cm³/mol. The number of ether oxygens (including phenoxy) is 4. The summed E-state index contributed by atoms with van der Waals surface area (Å²) in [7, 11) is 2.48. The van der Waals surface area contributed by atoms with E-state index in [2.05, 4.69) is 9.47 Å². The van der Waals surface area contributed by atoms with E-state index in [1.165, 1.54) is 14.2 Å². The van der Waals surface area contributed by atoms with Crippen LogP contribution in [0, 0.1) is 0 Å². The van der Waals surface area contributed by atoms with Crippen molar-refractivity contribution in [3.63, 3.8) is 0 Å². The molecule has 0 heterocycles. The number of aryl methyl sites for hydroxylation is 1. The topological polar surface area (TPSA) is 71.1 Å². The van der Waals surface area contributed by atoms with Crippen molar-refractivity contribution in [3.8, 4) is 11.5 Å². The lowest BCUT2D eigenvalue weighted by Gasteiger charge is -2.14. The maximum absolute atomic E-state index is 11.5. The Bertz CT molecular complexity index is 707. The second-order valence-corrected chi connectivity index (χ2v) is 4.37. The molecule has 6 nitrogen and oxygen atoms in total. The zero-order valence-corrected chi connectivity index (χ0v) is 12.5. The summed E-state index contributed by atoms with van der Waals surface area (Å²) < 4.78 is 19.5. The fourth-order valence-corrected chi connectivity index (χ4v) is 2.09. The zero-order valence-electron chi connectivity index (χ0n) is 12.5. The Balaban J connectivity index is 2.62. The lowest BCUT2D eigenvalue weighted by Crippen LogP contribution is -2.11. The highest BCUT2D eigenvalue weighted by Gasteiger charge is 2.18. The number of hydrogen-bond acceptors (Lipinski definition) is 6. The lowest BCUT2D eigenvalue weighted by molar-refractivity contribution is 0.119. The smallest absolute Gasteiger partial charge is 0.437 e. The van der Waals surface area contributed by atoms with Crippen molar-refractivity contribution in [2.75, 3.05) is 14.2 Å². The van der Waals surface area contributed by atoms with Gasteiger partial charge in [0.1, 0.15) is 11.5 Å². The van der Waals surface area contributed by atoms with Crippen LogP contribution in [-0.4, -0.2) is 26.5 Å². The predicted octanol–water partition coefficient (Wildman–Crippen LogP) is 3.69. The van der Waals surface area contributed by atoms with Crippen molar-refractivity contribution >= 4 is 23.1 Å². The van der Waals surface area contributed by atoms with Crippen LogP contribution in [0.15, 0.2) is 30.3 Å². The SMILES string of the molecule is CCc1cc(OC(=O)OC)c2ccccc2c1OC(=O)OC. The number of rotatable bonds is 3. The van der Waals surface area contributed by atoms with E-state index >= 15 is 0 Å². The molecule has 0 saturated carbocycles. The monoisotopic (exact) mass is 304 g/mol. The van der Waals surface area contributed by atoms with Gasteiger partial charge in [-0.15, -0.1) is 0 Å². The summed E-state index contributed by atoms with van der Waals surface area (Å²) in [6.07, 6.45) is -1.04. The Morgan fingerprint density at radius 1 is 0.955 bits per heavy atom. The largest absolute Gasteiger partial charge is 0.513 e. The minimum absolute atomic E-state index is 0.344. The van der Waals surface area contributed by atoms with Gasteiger partial charge in [0.15, 0.2) is 0 Å². The Morgan fingerprint density at radius 3 is 2.14 bits per heavy atom. The Morgan fingerprint density at radius 2 is 1.55 bits per heavy atom. The first-order valence-corrected chi connectivity index (χ1v) is 6.66. The summed E-state index contributed by atoms with van der Waals surface area (Å²) >= 11 is 0. The van der Waals surface area contributed by atoms with Crippen molar-refractivity contribution in [3.05, 3.63) is 35.9 Å². The molecule has 0 radical (unpaired) electrons. The molecule has 2 rings (SSSR count). The third-order valence-corrected chi connectivity index (χ3v) is 3.13. The molecule has 0 fully saturated rings. The van der Waals surface area contributed by atoms with Gasteiger partial charge in [0.05, 0.1) is 14.2 Å². The van der Waals surface area contributed by atoms with Crippen molar-refractivity contribution in [1.29, 1.82) is 0 Å². The van der Waals surface area contributed by atoms with Crippen LogP contribution in [0.25, 0.3) is 10.8 Å². The van der Waals surface area contributed by atoms with Crippen molar-refractivity contribution in [2.45, 2.75) is 13.3 Å². The molecule has 22 heavy (non-hydrogen) atoms. The molecule has 0 amide bonds. The van der Waals surface area contributed by atoms with Gasteiger partial charge in [-0.05, 0) is 18.1 Å². The Labute approximate surface area is 127 Å².